The first-order valence-corrected chi connectivity index (χ1v) is 10.8. The van der Waals surface area contributed by atoms with E-state index in [2.05, 4.69) is 6.92 Å². The molecule has 170 valence electrons. The summed E-state index contributed by atoms with van der Waals surface area (Å²) in [6.07, 6.45) is 3.35. The fourth-order valence-electron chi connectivity index (χ4n) is 3.83. The molecule has 7 heteroatoms. The fraction of sp³-hybridized carbons (Fsp3) is 0.231. The zero-order valence-electron chi connectivity index (χ0n) is 18.2. The van der Waals surface area contributed by atoms with Gasteiger partial charge in [0.2, 0.25) is 0 Å². The Morgan fingerprint density at radius 1 is 1.12 bits per heavy atom. The van der Waals surface area contributed by atoms with E-state index < -0.39 is 23.5 Å². The number of ketones is 1. The van der Waals surface area contributed by atoms with E-state index in [-0.39, 0.29) is 17.9 Å². The number of unbranched alkanes of at least 4 members (excludes halogenated alkanes) is 1. The van der Waals surface area contributed by atoms with Gasteiger partial charge in [0.05, 0.1) is 31.0 Å². The number of rotatable bonds is 8. The van der Waals surface area contributed by atoms with Gasteiger partial charge in [0.25, 0.3) is 11.7 Å². The molecule has 1 unspecified atom stereocenters. The summed E-state index contributed by atoms with van der Waals surface area (Å²) in [4.78, 5) is 27.3. The molecule has 0 radical (unpaired) electrons. The molecule has 4 rings (SSSR count). The normalized spacial score (nSPS) is 17.5. The summed E-state index contributed by atoms with van der Waals surface area (Å²) in [7, 11) is 0. The van der Waals surface area contributed by atoms with Crippen LogP contribution in [0.3, 0.4) is 0 Å². The van der Waals surface area contributed by atoms with E-state index in [1.807, 2.05) is 0 Å². The van der Waals surface area contributed by atoms with Crippen molar-refractivity contribution in [1.29, 1.82) is 0 Å². The fourth-order valence-corrected chi connectivity index (χ4v) is 3.83. The number of halogens is 1. The Kier molecular flexibility index (Phi) is 6.58. The molecule has 1 saturated heterocycles. The molecule has 1 atom stereocenters. The average molecular weight is 449 g/mol. The molecule has 0 bridgehead atoms. The SMILES string of the molecule is CCCCOc1cccc(C(O)=C2C(=O)C(=O)N(Cc3ccco3)C2c2ccc(F)cc2)c1. The van der Waals surface area contributed by atoms with Crippen molar-refractivity contribution in [2.45, 2.75) is 32.4 Å². The predicted molar refractivity (Wildman–Crippen MR) is 120 cm³/mol. The van der Waals surface area contributed by atoms with Gasteiger partial charge in [-0.1, -0.05) is 37.6 Å². The number of likely N-dealkylation sites (tertiary alicyclic amines) is 1. The molecule has 1 amide bonds. The van der Waals surface area contributed by atoms with Gasteiger partial charge in [-0.25, -0.2) is 4.39 Å². The number of benzene rings is 2. The Bertz CT molecular complexity index is 1170. The van der Waals surface area contributed by atoms with Gasteiger partial charge < -0.3 is 19.2 Å². The molecule has 6 nitrogen and oxygen atoms in total. The molecule has 0 aliphatic carbocycles. The van der Waals surface area contributed by atoms with Crippen molar-refractivity contribution >= 4 is 17.4 Å². The van der Waals surface area contributed by atoms with Crippen molar-refractivity contribution in [3.63, 3.8) is 0 Å². The molecule has 1 aromatic heterocycles. The quantitative estimate of drug-likeness (QED) is 0.221. The van der Waals surface area contributed by atoms with Crippen LogP contribution in [0, 0.1) is 5.82 Å². The number of aliphatic hydroxyl groups excluding tert-OH is 1. The van der Waals surface area contributed by atoms with Crippen LogP contribution in [0.2, 0.25) is 0 Å². The minimum Gasteiger partial charge on any atom is -0.507 e. The van der Waals surface area contributed by atoms with E-state index in [9.17, 15) is 19.1 Å². The molecule has 1 aliphatic heterocycles. The zero-order valence-corrected chi connectivity index (χ0v) is 18.2. The Morgan fingerprint density at radius 2 is 1.91 bits per heavy atom. The Hall–Kier alpha value is -3.87. The number of ether oxygens (including phenoxy) is 1. The Balaban J connectivity index is 1.78. The number of carbonyl (C=O) groups excluding carboxylic acids is 2. The van der Waals surface area contributed by atoms with Crippen molar-refractivity contribution in [2.24, 2.45) is 0 Å². The van der Waals surface area contributed by atoms with Gasteiger partial charge in [-0.3, -0.25) is 9.59 Å². The Morgan fingerprint density at radius 3 is 2.61 bits per heavy atom. The summed E-state index contributed by atoms with van der Waals surface area (Å²) in [5.74, 6) is -1.31. The summed E-state index contributed by atoms with van der Waals surface area (Å²) in [6.45, 7) is 2.61. The predicted octanol–water partition coefficient (Wildman–Crippen LogP) is 5.22. The highest BCUT2D eigenvalue weighted by molar-refractivity contribution is 6.46. The molecule has 1 fully saturated rings. The highest BCUT2D eigenvalue weighted by atomic mass is 19.1. The third kappa shape index (κ3) is 4.67. The van der Waals surface area contributed by atoms with E-state index >= 15 is 0 Å². The smallest absolute Gasteiger partial charge is 0.296 e. The van der Waals surface area contributed by atoms with Crippen LogP contribution in [0.15, 0.2) is 76.9 Å². The van der Waals surface area contributed by atoms with Gasteiger partial charge in [-0.2, -0.15) is 0 Å². The lowest BCUT2D eigenvalue weighted by Gasteiger charge is -2.24. The average Bonchev–Trinajstić information content (AvgIpc) is 3.42. The van der Waals surface area contributed by atoms with Crippen LogP contribution in [0.25, 0.3) is 5.76 Å². The number of aliphatic hydroxyl groups is 1. The van der Waals surface area contributed by atoms with Crippen LogP contribution >= 0.6 is 0 Å². The van der Waals surface area contributed by atoms with Crippen LogP contribution in [-0.4, -0.2) is 28.3 Å². The summed E-state index contributed by atoms with van der Waals surface area (Å²) in [5.41, 5.74) is 0.787. The maximum Gasteiger partial charge on any atom is 0.296 e. The first-order chi connectivity index (χ1) is 16.0. The van der Waals surface area contributed by atoms with E-state index in [0.29, 0.717) is 29.2 Å². The molecular formula is C26H24FNO5. The highest BCUT2D eigenvalue weighted by Crippen LogP contribution is 2.40. The molecule has 2 heterocycles. The number of amides is 1. The lowest BCUT2D eigenvalue weighted by Crippen LogP contribution is -2.29. The van der Waals surface area contributed by atoms with Crippen LogP contribution in [-0.2, 0) is 16.1 Å². The van der Waals surface area contributed by atoms with Crippen molar-refractivity contribution in [3.8, 4) is 5.75 Å². The maximum absolute atomic E-state index is 13.6. The van der Waals surface area contributed by atoms with Gasteiger partial charge >= 0.3 is 0 Å². The zero-order chi connectivity index (χ0) is 23.4. The van der Waals surface area contributed by atoms with Crippen molar-refractivity contribution < 1.29 is 28.2 Å². The van der Waals surface area contributed by atoms with Gasteiger partial charge in [0.1, 0.15) is 23.1 Å². The number of carbonyl (C=O) groups is 2. The van der Waals surface area contributed by atoms with Crippen LogP contribution in [0.1, 0.15) is 42.7 Å². The molecule has 1 N–H and O–H groups in total. The highest BCUT2D eigenvalue weighted by Gasteiger charge is 2.46. The molecule has 0 saturated carbocycles. The number of furan rings is 1. The number of nitrogens with zero attached hydrogens (tertiary/aromatic N) is 1. The minimum atomic E-state index is -0.902. The van der Waals surface area contributed by atoms with Gasteiger partial charge in [-0.05, 0) is 48.4 Å². The Labute approximate surface area is 190 Å². The van der Waals surface area contributed by atoms with E-state index in [1.54, 1.807) is 36.4 Å². The van der Waals surface area contributed by atoms with Gasteiger partial charge in [-0.15, -0.1) is 0 Å². The first kappa shape index (κ1) is 22.3. The van der Waals surface area contributed by atoms with Crippen LogP contribution in [0.5, 0.6) is 5.75 Å². The minimum absolute atomic E-state index is 0.0244. The summed E-state index contributed by atoms with van der Waals surface area (Å²) in [5, 5.41) is 11.2. The monoisotopic (exact) mass is 449 g/mol. The van der Waals surface area contributed by atoms with Gasteiger partial charge in [0, 0.05) is 5.56 Å². The standard InChI is InChI=1S/C26H24FNO5/c1-2-3-13-32-20-7-4-6-18(15-20)24(29)22-23(17-9-11-19(27)12-10-17)28(26(31)25(22)30)16-21-8-5-14-33-21/h4-12,14-15,23,29H,2-3,13,16H2,1H3. The van der Waals surface area contributed by atoms with E-state index in [1.165, 1.54) is 35.4 Å². The van der Waals surface area contributed by atoms with Crippen LogP contribution < -0.4 is 4.74 Å². The van der Waals surface area contributed by atoms with Crippen LogP contribution in [0.4, 0.5) is 4.39 Å². The number of hydrogen-bond donors (Lipinski definition) is 1. The maximum atomic E-state index is 13.6. The summed E-state index contributed by atoms with van der Waals surface area (Å²) < 4.78 is 24.7. The number of Topliss-reactive ketones (excluding diaryl/α,β-unsaturated/α-hetero) is 1. The van der Waals surface area contributed by atoms with Crippen molar-refractivity contribution in [2.75, 3.05) is 6.61 Å². The second-order valence-corrected chi connectivity index (χ2v) is 7.79. The second-order valence-electron chi connectivity index (χ2n) is 7.79. The molecule has 0 spiro atoms. The molecule has 2 aromatic carbocycles. The lowest BCUT2D eigenvalue weighted by molar-refractivity contribution is -0.140. The molecule has 33 heavy (non-hydrogen) atoms. The topological polar surface area (TPSA) is 80.0 Å². The van der Waals surface area contributed by atoms with E-state index in [0.717, 1.165) is 12.8 Å². The second kappa shape index (κ2) is 9.73. The third-order valence-electron chi connectivity index (χ3n) is 5.51. The largest absolute Gasteiger partial charge is 0.507 e. The van der Waals surface area contributed by atoms with E-state index in [4.69, 9.17) is 9.15 Å². The first-order valence-electron chi connectivity index (χ1n) is 10.8. The summed E-state index contributed by atoms with van der Waals surface area (Å²) >= 11 is 0. The van der Waals surface area contributed by atoms with Gasteiger partial charge in [0.15, 0.2) is 0 Å². The number of hydrogen-bond acceptors (Lipinski definition) is 5. The van der Waals surface area contributed by atoms with Crippen molar-refractivity contribution in [1.82, 2.24) is 4.90 Å². The molecular weight excluding hydrogens is 425 g/mol. The third-order valence-corrected chi connectivity index (χ3v) is 5.51. The molecule has 1 aliphatic rings. The molecule has 3 aromatic rings. The van der Waals surface area contributed by atoms with Crippen molar-refractivity contribution in [3.05, 3.63) is 95.2 Å². The lowest BCUT2D eigenvalue weighted by atomic mass is 9.95. The summed E-state index contributed by atoms with van der Waals surface area (Å²) in [6, 6.07) is 14.7.